The summed E-state index contributed by atoms with van der Waals surface area (Å²) < 4.78 is 7.57. The average molecular weight is 436 g/mol. The highest BCUT2D eigenvalue weighted by atomic mass is 16.5. The molecule has 0 unspecified atom stereocenters. The summed E-state index contributed by atoms with van der Waals surface area (Å²) in [4.78, 5) is 32.7. The molecule has 0 spiro atoms. The number of hydrogen-bond donors (Lipinski definition) is 1. The molecule has 168 valence electrons. The maximum atomic E-state index is 13.4. The predicted molar refractivity (Wildman–Crippen MR) is 118 cm³/mol. The second-order valence-electron chi connectivity index (χ2n) is 8.87. The van der Waals surface area contributed by atoms with E-state index in [1.807, 2.05) is 35.5 Å². The van der Waals surface area contributed by atoms with Gasteiger partial charge in [0.05, 0.1) is 30.5 Å². The van der Waals surface area contributed by atoms with Gasteiger partial charge in [-0.05, 0) is 43.4 Å². The molecular formula is C24H29N5O3. The zero-order valence-electron chi connectivity index (χ0n) is 18.8. The van der Waals surface area contributed by atoms with Crippen LogP contribution in [0.1, 0.15) is 77.5 Å². The Balaban J connectivity index is 1.63. The minimum absolute atomic E-state index is 0.0195. The van der Waals surface area contributed by atoms with Gasteiger partial charge in [-0.15, -0.1) is 0 Å². The number of carbonyl (C=O) groups is 2. The summed E-state index contributed by atoms with van der Waals surface area (Å²) >= 11 is 0. The number of fused-ring (bicyclic) bond motifs is 1. The zero-order valence-corrected chi connectivity index (χ0v) is 18.8. The first kappa shape index (κ1) is 22.0. The van der Waals surface area contributed by atoms with Gasteiger partial charge in [-0.3, -0.25) is 9.59 Å². The Morgan fingerprint density at radius 3 is 2.75 bits per heavy atom. The van der Waals surface area contributed by atoms with E-state index in [9.17, 15) is 9.59 Å². The van der Waals surface area contributed by atoms with Crippen LogP contribution in [0.4, 0.5) is 0 Å². The van der Waals surface area contributed by atoms with Crippen molar-refractivity contribution < 1.29 is 14.3 Å². The first-order valence-electron chi connectivity index (χ1n) is 11.2. The molecule has 1 saturated heterocycles. The van der Waals surface area contributed by atoms with Crippen LogP contribution in [0.25, 0.3) is 0 Å². The Bertz CT molecular complexity index is 1050. The van der Waals surface area contributed by atoms with Crippen molar-refractivity contribution in [3.05, 3.63) is 52.6 Å². The number of aromatic nitrogens is 2. The summed E-state index contributed by atoms with van der Waals surface area (Å²) in [6.07, 6.45) is 3.64. The van der Waals surface area contributed by atoms with Gasteiger partial charge in [0.15, 0.2) is 0 Å². The standard InChI is InChI=1S/C24H29N5O3/c1-15(2)22(17-6-7-18(12-25)26-13-17)27-23(30)19-11-20(29-9-10-32-14-21(19)29)24(31)28-8-4-5-16(28)3/h6-7,11,13,15-16,22H,4-5,8-10,14H2,1-3H3,(H,27,30)/t16-,22+/m0/s1. The number of pyridine rings is 1. The molecule has 4 rings (SSSR count). The molecule has 8 heteroatoms. The molecule has 1 fully saturated rings. The predicted octanol–water partition coefficient (Wildman–Crippen LogP) is 3.04. The van der Waals surface area contributed by atoms with Crippen LogP contribution in [0, 0.1) is 17.2 Å². The zero-order chi connectivity index (χ0) is 22.8. The molecule has 2 aromatic heterocycles. The topological polar surface area (TPSA) is 100 Å². The van der Waals surface area contributed by atoms with Crippen molar-refractivity contribution in [1.82, 2.24) is 19.8 Å². The van der Waals surface area contributed by atoms with Crippen LogP contribution in [0.15, 0.2) is 24.4 Å². The maximum Gasteiger partial charge on any atom is 0.270 e. The molecule has 0 bridgehead atoms. The van der Waals surface area contributed by atoms with Crippen LogP contribution in [-0.4, -0.2) is 45.5 Å². The van der Waals surface area contributed by atoms with Crippen LogP contribution in [0.5, 0.6) is 0 Å². The summed E-state index contributed by atoms with van der Waals surface area (Å²) in [5, 5.41) is 12.1. The maximum absolute atomic E-state index is 13.4. The molecule has 32 heavy (non-hydrogen) atoms. The van der Waals surface area contributed by atoms with Gasteiger partial charge >= 0.3 is 0 Å². The van der Waals surface area contributed by atoms with E-state index in [4.69, 9.17) is 10.00 Å². The van der Waals surface area contributed by atoms with Crippen LogP contribution in [0.2, 0.25) is 0 Å². The fourth-order valence-electron chi connectivity index (χ4n) is 4.59. The van der Waals surface area contributed by atoms with Crippen molar-refractivity contribution in [1.29, 1.82) is 5.26 Å². The van der Waals surface area contributed by atoms with Crippen molar-refractivity contribution >= 4 is 11.8 Å². The second-order valence-corrected chi connectivity index (χ2v) is 8.87. The summed E-state index contributed by atoms with van der Waals surface area (Å²) in [5.41, 5.74) is 2.94. The second kappa shape index (κ2) is 9.13. The minimum Gasteiger partial charge on any atom is -0.373 e. The van der Waals surface area contributed by atoms with Gasteiger partial charge in [-0.2, -0.15) is 5.26 Å². The molecule has 2 amide bonds. The Kier molecular flexibility index (Phi) is 6.28. The van der Waals surface area contributed by atoms with Gasteiger partial charge in [-0.25, -0.2) is 4.98 Å². The largest absolute Gasteiger partial charge is 0.373 e. The number of carbonyl (C=O) groups excluding carboxylic acids is 2. The number of amides is 2. The van der Waals surface area contributed by atoms with E-state index in [2.05, 4.69) is 17.2 Å². The highest BCUT2D eigenvalue weighted by Gasteiger charge is 2.32. The third-order valence-corrected chi connectivity index (χ3v) is 6.40. The quantitative estimate of drug-likeness (QED) is 0.778. The molecule has 4 heterocycles. The summed E-state index contributed by atoms with van der Waals surface area (Å²) in [6, 6.07) is 7.14. The molecule has 0 aliphatic carbocycles. The average Bonchev–Trinajstić information content (AvgIpc) is 3.40. The first-order valence-corrected chi connectivity index (χ1v) is 11.2. The Hall–Kier alpha value is -3.18. The molecule has 2 aliphatic heterocycles. The van der Waals surface area contributed by atoms with Crippen LogP contribution >= 0.6 is 0 Å². The van der Waals surface area contributed by atoms with Gasteiger partial charge < -0.3 is 19.5 Å². The SMILES string of the molecule is CC(C)[C@@H](NC(=O)c1cc(C(=O)N2CCC[C@@H]2C)n2c1COCC2)c1ccc(C#N)nc1. The van der Waals surface area contributed by atoms with E-state index in [0.717, 1.165) is 30.6 Å². The van der Waals surface area contributed by atoms with Gasteiger partial charge in [0.25, 0.3) is 11.8 Å². The molecule has 2 aromatic rings. The lowest BCUT2D eigenvalue weighted by molar-refractivity contribution is 0.0683. The lowest BCUT2D eigenvalue weighted by atomic mass is 9.96. The summed E-state index contributed by atoms with van der Waals surface area (Å²) in [6.45, 7) is 8.23. The van der Waals surface area contributed by atoms with Crippen molar-refractivity contribution in [2.75, 3.05) is 13.2 Å². The monoisotopic (exact) mass is 435 g/mol. The third kappa shape index (κ3) is 4.13. The number of nitrogens with zero attached hydrogens (tertiary/aromatic N) is 4. The molecule has 8 nitrogen and oxygen atoms in total. The number of likely N-dealkylation sites (tertiary alicyclic amines) is 1. The highest BCUT2D eigenvalue weighted by molar-refractivity contribution is 6.01. The number of hydrogen-bond acceptors (Lipinski definition) is 5. The molecule has 2 aliphatic rings. The smallest absolute Gasteiger partial charge is 0.270 e. The lowest BCUT2D eigenvalue weighted by Crippen LogP contribution is -2.35. The van der Waals surface area contributed by atoms with Crippen LogP contribution in [-0.2, 0) is 17.9 Å². The van der Waals surface area contributed by atoms with E-state index in [1.54, 1.807) is 18.3 Å². The number of rotatable bonds is 5. The van der Waals surface area contributed by atoms with E-state index < -0.39 is 0 Å². The first-order chi connectivity index (χ1) is 15.4. The minimum atomic E-state index is -0.277. The molecule has 0 aromatic carbocycles. The number of nitriles is 1. The Morgan fingerprint density at radius 1 is 1.31 bits per heavy atom. The van der Waals surface area contributed by atoms with Crippen LogP contribution < -0.4 is 5.32 Å². The summed E-state index contributed by atoms with van der Waals surface area (Å²) in [7, 11) is 0. The molecule has 2 atom stereocenters. The Labute approximate surface area is 188 Å². The fourth-order valence-corrected chi connectivity index (χ4v) is 4.59. The van der Waals surface area contributed by atoms with Crippen molar-refractivity contribution in [2.45, 2.75) is 58.8 Å². The number of nitrogens with one attached hydrogen (secondary N) is 1. The van der Waals surface area contributed by atoms with E-state index in [1.165, 1.54) is 0 Å². The van der Waals surface area contributed by atoms with Gasteiger partial charge in [0.1, 0.15) is 17.5 Å². The fraction of sp³-hybridized carbons (Fsp3) is 0.500. The molecular weight excluding hydrogens is 406 g/mol. The van der Waals surface area contributed by atoms with E-state index in [0.29, 0.717) is 36.7 Å². The Morgan fingerprint density at radius 2 is 2.12 bits per heavy atom. The number of ether oxygens (including phenoxy) is 1. The van der Waals surface area contributed by atoms with Gasteiger partial charge in [0.2, 0.25) is 0 Å². The molecule has 0 radical (unpaired) electrons. The van der Waals surface area contributed by atoms with Crippen molar-refractivity contribution in [3.8, 4) is 6.07 Å². The van der Waals surface area contributed by atoms with Gasteiger partial charge in [0, 0.05) is 25.3 Å². The molecule has 0 saturated carbocycles. The van der Waals surface area contributed by atoms with E-state index in [-0.39, 0.29) is 29.8 Å². The van der Waals surface area contributed by atoms with Crippen molar-refractivity contribution in [2.24, 2.45) is 5.92 Å². The lowest BCUT2D eigenvalue weighted by Gasteiger charge is -2.24. The van der Waals surface area contributed by atoms with E-state index >= 15 is 0 Å². The summed E-state index contributed by atoms with van der Waals surface area (Å²) in [5.74, 6) is -0.153. The third-order valence-electron chi connectivity index (χ3n) is 6.40. The van der Waals surface area contributed by atoms with Gasteiger partial charge in [-0.1, -0.05) is 19.9 Å². The molecule has 1 N–H and O–H groups in total. The van der Waals surface area contributed by atoms with Crippen LogP contribution in [0.3, 0.4) is 0 Å². The highest BCUT2D eigenvalue weighted by Crippen LogP contribution is 2.27. The van der Waals surface area contributed by atoms with Crippen molar-refractivity contribution in [3.63, 3.8) is 0 Å². The normalized spacial score (nSPS) is 18.8.